The molecule has 0 atom stereocenters. The third kappa shape index (κ3) is 3.15. The summed E-state index contributed by atoms with van der Waals surface area (Å²) in [5.41, 5.74) is 1.12. The maximum absolute atomic E-state index is 13.6. The molecular weight excluding hydrogens is 281 g/mol. The van der Waals surface area contributed by atoms with Crippen molar-refractivity contribution in [3.8, 4) is 0 Å². The standard InChI is InChI=1S/C15H13ClFNO2/c16-13-6-3-7-14(17)12(13)8-18-15(20)11-5-2-1-4-10(11)9-19/h1-7,19H,8-9H2,(H,18,20). The predicted octanol–water partition coefficient (Wildman–Crippen LogP) is 2.90. The third-order valence-electron chi connectivity index (χ3n) is 2.92. The average molecular weight is 294 g/mol. The molecule has 0 saturated carbocycles. The molecule has 0 spiro atoms. The van der Waals surface area contributed by atoms with Crippen molar-refractivity contribution in [2.45, 2.75) is 13.2 Å². The Balaban J connectivity index is 2.13. The Morgan fingerprint density at radius 3 is 2.65 bits per heavy atom. The second kappa shape index (κ2) is 6.50. The molecule has 2 rings (SSSR count). The molecule has 0 unspecified atom stereocenters. The highest BCUT2D eigenvalue weighted by Crippen LogP contribution is 2.19. The van der Waals surface area contributed by atoms with E-state index in [0.29, 0.717) is 11.1 Å². The Labute approximate surface area is 121 Å². The van der Waals surface area contributed by atoms with E-state index in [0.717, 1.165) is 0 Å². The van der Waals surface area contributed by atoms with E-state index >= 15 is 0 Å². The van der Waals surface area contributed by atoms with Crippen LogP contribution in [-0.2, 0) is 13.2 Å². The molecule has 2 aromatic rings. The lowest BCUT2D eigenvalue weighted by Crippen LogP contribution is -2.24. The summed E-state index contributed by atoms with van der Waals surface area (Å²) in [6, 6.07) is 11.0. The van der Waals surface area contributed by atoms with Gasteiger partial charge in [-0.25, -0.2) is 4.39 Å². The van der Waals surface area contributed by atoms with Crippen LogP contribution in [0.3, 0.4) is 0 Å². The highest BCUT2D eigenvalue weighted by Gasteiger charge is 2.12. The van der Waals surface area contributed by atoms with Crippen molar-refractivity contribution >= 4 is 17.5 Å². The van der Waals surface area contributed by atoms with Gasteiger partial charge in [0.1, 0.15) is 5.82 Å². The van der Waals surface area contributed by atoms with Crippen LogP contribution in [0.15, 0.2) is 42.5 Å². The first-order chi connectivity index (χ1) is 9.63. The van der Waals surface area contributed by atoms with Gasteiger partial charge < -0.3 is 10.4 Å². The number of rotatable bonds is 4. The molecule has 0 aliphatic rings. The van der Waals surface area contributed by atoms with Gasteiger partial charge in [0.05, 0.1) is 6.61 Å². The predicted molar refractivity (Wildman–Crippen MR) is 74.9 cm³/mol. The fourth-order valence-electron chi connectivity index (χ4n) is 1.84. The summed E-state index contributed by atoms with van der Waals surface area (Å²) < 4.78 is 13.6. The second-order valence-corrected chi connectivity index (χ2v) is 4.61. The average Bonchev–Trinajstić information content (AvgIpc) is 2.46. The van der Waals surface area contributed by atoms with Gasteiger partial charge in [-0.15, -0.1) is 0 Å². The molecule has 0 bridgehead atoms. The van der Waals surface area contributed by atoms with E-state index in [2.05, 4.69) is 5.32 Å². The molecule has 2 aromatic carbocycles. The van der Waals surface area contributed by atoms with Crippen LogP contribution in [0.25, 0.3) is 0 Å². The van der Waals surface area contributed by atoms with Crippen LogP contribution in [0.1, 0.15) is 21.5 Å². The largest absolute Gasteiger partial charge is 0.392 e. The van der Waals surface area contributed by atoms with Gasteiger partial charge in [0.25, 0.3) is 5.91 Å². The van der Waals surface area contributed by atoms with Crippen molar-refractivity contribution in [3.05, 3.63) is 70.0 Å². The molecule has 0 aliphatic carbocycles. The number of nitrogens with one attached hydrogen (secondary N) is 1. The van der Waals surface area contributed by atoms with Gasteiger partial charge in [-0.05, 0) is 23.8 Å². The quantitative estimate of drug-likeness (QED) is 0.910. The molecule has 0 heterocycles. The fraction of sp³-hybridized carbons (Fsp3) is 0.133. The highest BCUT2D eigenvalue weighted by atomic mass is 35.5. The summed E-state index contributed by atoms with van der Waals surface area (Å²) in [6.45, 7) is -0.242. The molecule has 3 nitrogen and oxygen atoms in total. The number of carbonyl (C=O) groups excluding carboxylic acids is 1. The Bertz CT molecular complexity index is 611. The van der Waals surface area contributed by atoms with E-state index in [9.17, 15) is 14.3 Å². The maximum atomic E-state index is 13.6. The minimum absolute atomic E-state index is 0.00982. The van der Waals surface area contributed by atoms with Crippen LogP contribution in [0, 0.1) is 5.82 Å². The summed E-state index contributed by atoms with van der Waals surface area (Å²) in [5, 5.41) is 12.0. The SMILES string of the molecule is O=C(NCc1c(F)cccc1Cl)c1ccccc1CO. The number of hydrogen-bond acceptors (Lipinski definition) is 2. The fourth-order valence-corrected chi connectivity index (χ4v) is 2.07. The van der Waals surface area contributed by atoms with E-state index in [1.54, 1.807) is 30.3 Å². The minimum atomic E-state index is -0.465. The molecule has 20 heavy (non-hydrogen) atoms. The summed E-state index contributed by atoms with van der Waals surface area (Å²) in [4.78, 5) is 12.0. The molecule has 5 heteroatoms. The van der Waals surface area contributed by atoms with E-state index in [1.807, 2.05) is 0 Å². The maximum Gasteiger partial charge on any atom is 0.251 e. The molecule has 0 fully saturated rings. The van der Waals surface area contributed by atoms with Crippen molar-refractivity contribution in [1.82, 2.24) is 5.32 Å². The van der Waals surface area contributed by atoms with Crippen molar-refractivity contribution in [2.24, 2.45) is 0 Å². The third-order valence-corrected chi connectivity index (χ3v) is 3.27. The lowest BCUT2D eigenvalue weighted by atomic mass is 10.1. The van der Waals surface area contributed by atoms with E-state index in [4.69, 9.17) is 11.6 Å². The topological polar surface area (TPSA) is 49.3 Å². The van der Waals surface area contributed by atoms with Crippen molar-refractivity contribution in [3.63, 3.8) is 0 Å². The van der Waals surface area contributed by atoms with Gasteiger partial charge in [0.15, 0.2) is 0 Å². The first-order valence-electron chi connectivity index (χ1n) is 6.03. The molecule has 0 radical (unpaired) electrons. The van der Waals surface area contributed by atoms with Crippen molar-refractivity contribution in [2.75, 3.05) is 0 Å². The van der Waals surface area contributed by atoms with Gasteiger partial charge in [-0.3, -0.25) is 4.79 Å². The number of benzene rings is 2. The lowest BCUT2D eigenvalue weighted by molar-refractivity contribution is 0.0947. The number of aliphatic hydroxyl groups excluding tert-OH is 1. The Morgan fingerprint density at radius 1 is 1.20 bits per heavy atom. The monoisotopic (exact) mass is 293 g/mol. The van der Waals surface area contributed by atoms with Crippen LogP contribution in [0.2, 0.25) is 5.02 Å². The van der Waals surface area contributed by atoms with Gasteiger partial charge in [-0.1, -0.05) is 35.9 Å². The van der Waals surface area contributed by atoms with Gasteiger partial charge in [-0.2, -0.15) is 0 Å². The molecule has 104 valence electrons. The normalized spacial score (nSPS) is 10.3. The summed E-state index contributed by atoms with van der Waals surface area (Å²) in [6.07, 6.45) is 0. The summed E-state index contributed by atoms with van der Waals surface area (Å²) >= 11 is 5.89. The van der Waals surface area contributed by atoms with E-state index < -0.39 is 5.82 Å². The Kier molecular flexibility index (Phi) is 4.71. The van der Waals surface area contributed by atoms with Crippen molar-refractivity contribution < 1.29 is 14.3 Å². The zero-order valence-electron chi connectivity index (χ0n) is 10.6. The number of halogens is 2. The van der Waals surface area contributed by atoms with Crippen LogP contribution in [0.5, 0.6) is 0 Å². The number of amides is 1. The lowest BCUT2D eigenvalue weighted by Gasteiger charge is -2.10. The summed E-state index contributed by atoms with van der Waals surface area (Å²) in [7, 11) is 0. The molecule has 1 amide bonds. The first kappa shape index (κ1) is 14.5. The zero-order valence-corrected chi connectivity index (χ0v) is 11.3. The number of carbonyl (C=O) groups is 1. The van der Waals surface area contributed by atoms with Gasteiger partial charge >= 0.3 is 0 Å². The van der Waals surface area contributed by atoms with Gasteiger partial charge in [0.2, 0.25) is 0 Å². The molecule has 0 aromatic heterocycles. The minimum Gasteiger partial charge on any atom is -0.392 e. The number of aliphatic hydroxyl groups is 1. The van der Waals surface area contributed by atoms with Crippen molar-refractivity contribution in [1.29, 1.82) is 0 Å². The molecule has 0 aliphatic heterocycles. The van der Waals surface area contributed by atoms with Crippen LogP contribution in [-0.4, -0.2) is 11.0 Å². The summed E-state index contributed by atoms with van der Waals surface area (Å²) in [5.74, 6) is -0.845. The van der Waals surface area contributed by atoms with Crippen LogP contribution < -0.4 is 5.32 Å². The molecule has 2 N–H and O–H groups in total. The van der Waals surface area contributed by atoms with E-state index in [1.165, 1.54) is 12.1 Å². The zero-order chi connectivity index (χ0) is 14.5. The van der Waals surface area contributed by atoms with Crippen LogP contribution >= 0.6 is 11.6 Å². The first-order valence-corrected chi connectivity index (χ1v) is 6.41. The highest BCUT2D eigenvalue weighted by molar-refractivity contribution is 6.31. The molecule has 0 saturated heterocycles. The number of hydrogen-bond donors (Lipinski definition) is 2. The van der Waals surface area contributed by atoms with Gasteiger partial charge in [0, 0.05) is 22.7 Å². The molecular formula is C15H13ClFNO2. The smallest absolute Gasteiger partial charge is 0.251 e. The second-order valence-electron chi connectivity index (χ2n) is 4.20. The van der Waals surface area contributed by atoms with E-state index in [-0.39, 0.29) is 29.6 Å². The Hall–Kier alpha value is -1.91. The Morgan fingerprint density at radius 2 is 1.95 bits per heavy atom. The van der Waals surface area contributed by atoms with Crippen LogP contribution in [0.4, 0.5) is 4.39 Å².